The molecule has 5 nitrogen and oxygen atoms in total. The van der Waals surface area contributed by atoms with E-state index in [0.29, 0.717) is 0 Å². The minimum Gasteiger partial charge on any atom is -0.304 e. The summed E-state index contributed by atoms with van der Waals surface area (Å²) >= 11 is 0. The van der Waals surface area contributed by atoms with E-state index in [4.69, 9.17) is 5.10 Å². The average Bonchev–Trinajstić information content (AvgIpc) is 3.39. The second kappa shape index (κ2) is 7.82. The number of nitrogens with one attached hydrogen (secondary N) is 1. The molecule has 0 amide bonds. The molecule has 1 aliphatic carbocycles. The predicted octanol–water partition coefficient (Wildman–Crippen LogP) is 5.17. The van der Waals surface area contributed by atoms with E-state index in [1.807, 2.05) is 24.4 Å². The highest BCUT2D eigenvalue weighted by Gasteiger charge is 2.35. The Morgan fingerprint density at radius 1 is 1.06 bits per heavy atom. The summed E-state index contributed by atoms with van der Waals surface area (Å²) in [6.45, 7) is 7.64. The molecule has 3 aromatic heterocycles. The molecule has 0 aliphatic heterocycles. The van der Waals surface area contributed by atoms with E-state index < -0.39 is 0 Å². The standard InChI is InChI=1S/C26H29N5/c1-19-9-4-5-11-23(19)31-24-16-26(2,3)15-22(21(24)18-29-31)28-17-20-10-8-14-30(20)25-12-6-7-13-27-25/h4-14,18,22,28H,15-17H2,1-3H3/t22-/m1/s1. The largest absolute Gasteiger partial charge is 0.304 e. The molecule has 0 bridgehead atoms. The van der Waals surface area contributed by atoms with Crippen LogP contribution in [0.3, 0.4) is 0 Å². The Kier molecular flexibility index (Phi) is 4.98. The lowest BCUT2D eigenvalue weighted by molar-refractivity contribution is 0.252. The number of para-hydroxylation sites is 1. The molecule has 31 heavy (non-hydrogen) atoms. The van der Waals surface area contributed by atoms with E-state index >= 15 is 0 Å². The van der Waals surface area contributed by atoms with Gasteiger partial charge in [-0.2, -0.15) is 5.10 Å². The Bertz CT molecular complexity index is 1190. The summed E-state index contributed by atoms with van der Waals surface area (Å²) in [5.41, 5.74) is 6.46. The molecule has 0 radical (unpaired) electrons. The number of hydrogen-bond donors (Lipinski definition) is 1. The van der Waals surface area contributed by atoms with Crippen LogP contribution in [0.5, 0.6) is 0 Å². The molecular weight excluding hydrogens is 382 g/mol. The van der Waals surface area contributed by atoms with Crippen LogP contribution in [-0.4, -0.2) is 19.3 Å². The summed E-state index contributed by atoms with van der Waals surface area (Å²) < 4.78 is 4.30. The maximum atomic E-state index is 4.82. The second-order valence-electron chi connectivity index (χ2n) is 9.28. The van der Waals surface area contributed by atoms with Gasteiger partial charge in [-0.15, -0.1) is 0 Å². The zero-order chi connectivity index (χ0) is 21.4. The van der Waals surface area contributed by atoms with Gasteiger partial charge in [0, 0.05) is 41.9 Å². The van der Waals surface area contributed by atoms with E-state index in [1.54, 1.807) is 0 Å². The summed E-state index contributed by atoms with van der Waals surface area (Å²) in [7, 11) is 0. The number of nitrogens with zero attached hydrogens (tertiary/aromatic N) is 4. The summed E-state index contributed by atoms with van der Waals surface area (Å²) in [6.07, 6.45) is 8.09. The third-order valence-corrected chi connectivity index (χ3v) is 6.28. The van der Waals surface area contributed by atoms with Crippen LogP contribution in [0.2, 0.25) is 0 Å². The summed E-state index contributed by atoms with van der Waals surface area (Å²) in [4.78, 5) is 4.50. The van der Waals surface area contributed by atoms with E-state index in [2.05, 4.69) is 89.1 Å². The first-order valence-electron chi connectivity index (χ1n) is 11.0. The second-order valence-corrected chi connectivity index (χ2v) is 9.28. The van der Waals surface area contributed by atoms with Gasteiger partial charge in [-0.25, -0.2) is 9.67 Å². The maximum absolute atomic E-state index is 4.82. The molecule has 0 fully saturated rings. The Morgan fingerprint density at radius 2 is 1.90 bits per heavy atom. The fourth-order valence-electron chi connectivity index (χ4n) is 4.74. The van der Waals surface area contributed by atoms with Crippen LogP contribution in [0.4, 0.5) is 0 Å². The molecule has 1 aromatic carbocycles. The number of fused-ring (bicyclic) bond motifs is 1. The molecule has 4 aromatic rings. The summed E-state index contributed by atoms with van der Waals surface area (Å²) in [6, 6.07) is 19.0. The minimum atomic E-state index is 0.202. The summed E-state index contributed by atoms with van der Waals surface area (Å²) in [5.74, 6) is 0.946. The van der Waals surface area contributed by atoms with Crippen molar-refractivity contribution in [2.24, 2.45) is 5.41 Å². The monoisotopic (exact) mass is 411 g/mol. The van der Waals surface area contributed by atoms with Gasteiger partial charge in [-0.05, 0) is 61.1 Å². The SMILES string of the molecule is Cc1ccccc1-n1ncc2c1CC(C)(C)C[C@H]2NCc1cccn1-c1ccccn1. The number of aryl methyl sites for hydroxylation is 1. The first-order valence-corrected chi connectivity index (χ1v) is 11.0. The fraction of sp³-hybridized carbons (Fsp3) is 0.308. The van der Waals surface area contributed by atoms with Crippen LogP contribution < -0.4 is 5.32 Å². The van der Waals surface area contributed by atoms with Crippen molar-refractivity contribution >= 4 is 0 Å². The van der Waals surface area contributed by atoms with Crippen molar-refractivity contribution in [2.45, 2.75) is 46.2 Å². The van der Waals surface area contributed by atoms with Gasteiger partial charge in [0.05, 0.1) is 11.9 Å². The summed E-state index contributed by atoms with van der Waals surface area (Å²) in [5, 5.41) is 8.64. The molecule has 158 valence electrons. The van der Waals surface area contributed by atoms with Crippen molar-refractivity contribution in [2.75, 3.05) is 0 Å². The van der Waals surface area contributed by atoms with Crippen molar-refractivity contribution in [1.82, 2.24) is 24.6 Å². The maximum Gasteiger partial charge on any atom is 0.136 e. The zero-order valence-corrected chi connectivity index (χ0v) is 18.4. The van der Waals surface area contributed by atoms with E-state index in [9.17, 15) is 0 Å². The number of rotatable bonds is 5. The van der Waals surface area contributed by atoms with Crippen LogP contribution in [0.25, 0.3) is 11.5 Å². The third-order valence-electron chi connectivity index (χ3n) is 6.28. The highest BCUT2D eigenvalue weighted by Crippen LogP contribution is 2.41. The van der Waals surface area contributed by atoms with Gasteiger partial charge in [0.2, 0.25) is 0 Å². The molecule has 5 heteroatoms. The van der Waals surface area contributed by atoms with Crippen LogP contribution in [0.1, 0.15) is 48.8 Å². The lowest BCUT2D eigenvalue weighted by Crippen LogP contribution is -2.34. The first kappa shape index (κ1) is 19.8. The van der Waals surface area contributed by atoms with Crippen molar-refractivity contribution in [3.63, 3.8) is 0 Å². The Hall–Kier alpha value is -3.18. The predicted molar refractivity (Wildman–Crippen MR) is 124 cm³/mol. The van der Waals surface area contributed by atoms with Gasteiger partial charge in [-0.3, -0.25) is 0 Å². The normalized spacial score (nSPS) is 17.5. The Morgan fingerprint density at radius 3 is 2.71 bits per heavy atom. The number of aromatic nitrogens is 4. The van der Waals surface area contributed by atoms with Crippen LogP contribution >= 0.6 is 0 Å². The van der Waals surface area contributed by atoms with E-state index in [1.165, 1.54) is 28.2 Å². The lowest BCUT2D eigenvalue weighted by atomic mass is 9.74. The van der Waals surface area contributed by atoms with Crippen LogP contribution in [-0.2, 0) is 13.0 Å². The highest BCUT2D eigenvalue weighted by molar-refractivity contribution is 5.43. The van der Waals surface area contributed by atoms with Crippen LogP contribution in [0.15, 0.2) is 73.2 Å². The van der Waals surface area contributed by atoms with Crippen molar-refractivity contribution in [3.05, 3.63) is 95.7 Å². The Balaban J connectivity index is 1.44. The van der Waals surface area contributed by atoms with Gasteiger partial charge in [0.1, 0.15) is 5.82 Å². The number of pyridine rings is 1. The van der Waals surface area contributed by atoms with E-state index in [0.717, 1.165) is 25.2 Å². The first-order chi connectivity index (χ1) is 15.0. The molecule has 1 aliphatic rings. The van der Waals surface area contributed by atoms with Crippen LogP contribution in [0, 0.1) is 12.3 Å². The number of hydrogen-bond acceptors (Lipinski definition) is 3. The minimum absolute atomic E-state index is 0.202. The van der Waals surface area contributed by atoms with Crippen molar-refractivity contribution in [1.29, 1.82) is 0 Å². The highest BCUT2D eigenvalue weighted by atomic mass is 15.3. The molecule has 0 saturated carbocycles. The number of benzene rings is 1. The van der Waals surface area contributed by atoms with Gasteiger partial charge in [0.15, 0.2) is 0 Å². The molecule has 0 unspecified atom stereocenters. The third kappa shape index (κ3) is 3.81. The molecule has 3 heterocycles. The average molecular weight is 412 g/mol. The molecule has 0 saturated heterocycles. The molecule has 1 N–H and O–H groups in total. The fourth-order valence-corrected chi connectivity index (χ4v) is 4.74. The van der Waals surface area contributed by atoms with Gasteiger partial charge in [0.25, 0.3) is 0 Å². The quantitative estimate of drug-likeness (QED) is 0.493. The molecule has 0 spiro atoms. The molecule has 5 rings (SSSR count). The van der Waals surface area contributed by atoms with Crippen molar-refractivity contribution in [3.8, 4) is 11.5 Å². The zero-order valence-electron chi connectivity index (χ0n) is 18.4. The molecular formula is C26H29N5. The smallest absolute Gasteiger partial charge is 0.136 e. The van der Waals surface area contributed by atoms with Gasteiger partial charge >= 0.3 is 0 Å². The lowest BCUT2D eigenvalue weighted by Gasteiger charge is -2.36. The molecule has 1 atom stereocenters. The topological polar surface area (TPSA) is 47.7 Å². The van der Waals surface area contributed by atoms with Crippen molar-refractivity contribution < 1.29 is 0 Å². The van der Waals surface area contributed by atoms with Gasteiger partial charge in [-0.1, -0.05) is 38.1 Å². The van der Waals surface area contributed by atoms with E-state index in [-0.39, 0.29) is 11.5 Å². The van der Waals surface area contributed by atoms with Gasteiger partial charge < -0.3 is 9.88 Å². The Labute approximate surface area is 183 Å².